The normalized spacial score (nSPS) is 38.4. The summed E-state index contributed by atoms with van der Waals surface area (Å²) in [6.07, 6.45) is 2.98. The number of piperidine rings is 2. The average Bonchev–Trinajstić information content (AvgIpc) is 3.09. The number of nitrogens with zero attached hydrogens (tertiary/aromatic N) is 3. The number of fused-ring (bicyclic) bond motifs is 1. The van der Waals surface area contributed by atoms with Crippen LogP contribution in [-0.2, 0) is 4.79 Å². The first-order chi connectivity index (χ1) is 14.8. The molecule has 6 N–H and O–H groups in total. The lowest BCUT2D eigenvalue weighted by atomic mass is 9.76. The van der Waals surface area contributed by atoms with Crippen LogP contribution in [-0.4, -0.2) is 80.5 Å². The second-order valence-electron chi connectivity index (χ2n) is 10.6. The fraction of sp³-hybridized carbons (Fsp3) is 0.909. The third kappa shape index (κ3) is 4.75. The molecule has 0 saturated carbocycles. The van der Waals surface area contributed by atoms with Gasteiger partial charge in [-0.25, -0.2) is 10.4 Å². The smallest absolute Gasteiger partial charge is 0.229 e. The van der Waals surface area contributed by atoms with E-state index in [2.05, 4.69) is 39.4 Å². The Morgan fingerprint density at radius 1 is 1.23 bits per heavy atom. The van der Waals surface area contributed by atoms with Crippen LogP contribution in [0.15, 0.2) is 0 Å². The van der Waals surface area contributed by atoms with Crippen LogP contribution in [0, 0.1) is 40.4 Å². The molecule has 0 radical (unpaired) electrons. The van der Waals surface area contributed by atoms with E-state index in [-0.39, 0.29) is 30.0 Å². The van der Waals surface area contributed by atoms with Gasteiger partial charge in [-0.3, -0.25) is 10.1 Å². The summed E-state index contributed by atoms with van der Waals surface area (Å²) in [7, 11) is 2.19. The van der Waals surface area contributed by atoms with E-state index in [1.165, 1.54) is 12.8 Å². The number of hydrazine groups is 1. The van der Waals surface area contributed by atoms with Crippen molar-refractivity contribution in [3.8, 4) is 6.07 Å². The number of likely N-dealkylation sites (tertiary alicyclic amines) is 1. The molecule has 0 bridgehead atoms. The summed E-state index contributed by atoms with van der Waals surface area (Å²) in [6, 6.07) is 2.57. The summed E-state index contributed by atoms with van der Waals surface area (Å²) in [5.74, 6) is 1.06. The highest BCUT2D eigenvalue weighted by atomic mass is 16.2. The van der Waals surface area contributed by atoms with E-state index in [1.807, 2.05) is 18.9 Å². The molecular weight excluding hydrogens is 392 g/mol. The molecule has 6 atom stereocenters. The maximum atomic E-state index is 13.4. The highest BCUT2D eigenvalue weighted by molar-refractivity contribution is 5.80. The third-order valence-corrected chi connectivity index (χ3v) is 8.21. The zero-order valence-corrected chi connectivity index (χ0v) is 19.2. The zero-order valence-electron chi connectivity index (χ0n) is 19.2. The maximum absolute atomic E-state index is 13.4. The largest absolute Gasteiger partial charge is 0.351 e. The first-order valence-electron chi connectivity index (χ1n) is 11.9. The minimum absolute atomic E-state index is 0.0321. The van der Waals surface area contributed by atoms with Gasteiger partial charge in [-0.05, 0) is 71.6 Å². The van der Waals surface area contributed by atoms with Crippen molar-refractivity contribution in [2.45, 2.75) is 51.5 Å². The molecule has 4 aliphatic heterocycles. The minimum Gasteiger partial charge on any atom is -0.351 e. The number of hydrogen-bond acceptors (Lipinski definition) is 8. The molecule has 174 valence electrons. The van der Waals surface area contributed by atoms with Gasteiger partial charge >= 0.3 is 0 Å². The molecule has 0 spiro atoms. The van der Waals surface area contributed by atoms with E-state index in [4.69, 9.17) is 5.73 Å². The van der Waals surface area contributed by atoms with Crippen LogP contribution in [0.2, 0.25) is 0 Å². The third-order valence-electron chi connectivity index (χ3n) is 8.21. The Kier molecular flexibility index (Phi) is 6.87. The molecule has 31 heavy (non-hydrogen) atoms. The van der Waals surface area contributed by atoms with Crippen molar-refractivity contribution in [1.29, 1.82) is 5.26 Å². The van der Waals surface area contributed by atoms with Crippen molar-refractivity contribution < 1.29 is 4.79 Å². The number of hydrogen-bond donors (Lipinski definition) is 5. The van der Waals surface area contributed by atoms with Crippen LogP contribution in [0.4, 0.5) is 0 Å². The van der Waals surface area contributed by atoms with Gasteiger partial charge in [-0.15, -0.1) is 0 Å². The van der Waals surface area contributed by atoms with E-state index in [1.54, 1.807) is 0 Å². The Labute approximate surface area is 186 Å². The van der Waals surface area contributed by atoms with Gasteiger partial charge in [0.1, 0.15) is 0 Å². The van der Waals surface area contributed by atoms with Crippen molar-refractivity contribution in [2.75, 3.05) is 46.3 Å². The first kappa shape index (κ1) is 22.9. The van der Waals surface area contributed by atoms with Gasteiger partial charge in [-0.2, -0.15) is 5.26 Å². The number of nitrogens with two attached hydrogens (primary N) is 1. The van der Waals surface area contributed by atoms with E-state index < -0.39 is 11.6 Å². The number of amides is 1. The fourth-order valence-electron chi connectivity index (χ4n) is 5.93. The van der Waals surface area contributed by atoms with Crippen LogP contribution in [0.25, 0.3) is 0 Å². The Morgan fingerprint density at radius 3 is 2.68 bits per heavy atom. The number of carbonyl (C=O) groups excluding carboxylic acids is 1. The molecule has 4 saturated heterocycles. The molecule has 0 aromatic heterocycles. The number of rotatable bonds is 4. The second kappa shape index (κ2) is 9.30. The SMILES string of the molecule is CN1CCC(C2CCNCC2NC(=O)C2C(N)NN3CC(C(C)(C)C#N)CNC23)CC1. The second-order valence-corrected chi connectivity index (χ2v) is 10.6. The Morgan fingerprint density at radius 2 is 1.97 bits per heavy atom. The number of nitriles is 1. The lowest BCUT2D eigenvalue weighted by Crippen LogP contribution is -2.61. The molecule has 4 heterocycles. The molecule has 0 aromatic carbocycles. The van der Waals surface area contributed by atoms with Crippen molar-refractivity contribution in [1.82, 2.24) is 31.3 Å². The summed E-state index contributed by atoms with van der Waals surface area (Å²) in [6.45, 7) is 9.52. The molecular formula is C22H40N8O. The van der Waals surface area contributed by atoms with Crippen molar-refractivity contribution in [2.24, 2.45) is 34.8 Å². The Hall–Kier alpha value is -1.28. The molecule has 4 fully saturated rings. The van der Waals surface area contributed by atoms with E-state index in [0.717, 1.165) is 32.6 Å². The Balaban J connectivity index is 1.39. The molecule has 0 aliphatic carbocycles. The molecule has 4 rings (SSSR count). The van der Waals surface area contributed by atoms with Crippen LogP contribution in [0.1, 0.15) is 33.1 Å². The topological polar surface area (TPSA) is 121 Å². The predicted molar refractivity (Wildman–Crippen MR) is 119 cm³/mol. The summed E-state index contributed by atoms with van der Waals surface area (Å²) in [5, 5.41) is 21.9. The van der Waals surface area contributed by atoms with Gasteiger partial charge in [0.25, 0.3) is 0 Å². The molecule has 1 amide bonds. The van der Waals surface area contributed by atoms with E-state index in [0.29, 0.717) is 24.9 Å². The lowest BCUT2D eigenvalue weighted by molar-refractivity contribution is -0.128. The van der Waals surface area contributed by atoms with Gasteiger partial charge in [-0.1, -0.05) is 0 Å². The maximum Gasteiger partial charge on any atom is 0.229 e. The summed E-state index contributed by atoms with van der Waals surface area (Å²) >= 11 is 0. The number of carbonyl (C=O) groups is 1. The van der Waals surface area contributed by atoms with Crippen molar-refractivity contribution in [3.63, 3.8) is 0 Å². The molecule has 9 nitrogen and oxygen atoms in total. The van der Waals surface area contributed by atoms with Gasteiger partial charge in [0.05, 0.1) is 29.7 Å². The van der Waals surface area contributed by atoms with Gasteiger partial charge in [0.15, 0.2) is 0 Å². The first-order valence-corrected chi connectivity index (χ1v) is 11.9. The zero-order chi connectivity index (χ0) is 22.2. The molecule has 6 unspecified atom stereocenters. The quantitative estimate of drug-likeness (QED) is 0.393. The standard InChI is InChI=1S/C22H40N8O/c1-22(2,13-23)15-10-26-20-18(19(24)28-30(20)12-15)21(31)27-17-11-25-7-4-16(17)14-5-8-29(3)9-6-14/h14-20,25-26,28H,4-12,24H2,1-3H3,(H,27,31). The van der Waals surface area contributed by atoms with Crippen LogP contribution in [0.3, 0.4) is 0 Å². The molecule has 9 heteroatoms. The van der Waals surface area contributed by atoms with Crippen molar-refractivity contribution in [3.05, 3.63) is 0 Å². The summed E-state index contributed by atoms with van der Waals surface area (Å²) < 4.78 is 0. The monoisotopic (exact) mass is 432 g/mol. The molecule has 0 aromatic rings. The van der Waals surface area contributed by atoms with Crippen LogP contribution in [0.5, 0.6) is 0 Å². The fourth-order valence-corrected chi connectivity index (χ4v) is 5.93. The predicted octanol–water partition coefficient (Wildman–Crippen LogP) is -0.761. The lowest BCUT2D eigenvalue weighted by Gasteiger charge is -2.42. The van der Waals surface area contributed by atoms with E-state index >= 15 is 0 Å². The highest BCUT2D eigenvalue weighted by Gasteiger charge is 2.49. The average molecular weight is 433 g/mol. The summed E-state index contributed by atoms with van der Waals surface area (Å²) in [4.78, 5) is 15.8. The van der Waals surface area contributed by atoms with Crippen molar-refractivity contribution >= 4 is 5.91 Å². The summed E-state index contributed by atoms with van der Waals surface area (Å²) in [5.41, 5.74) is 9.24. The Bertz CT molecular complexity index is 685. The van der Waals surface area contributed by atoms with Gasteiger partial charge in [0, 0.05) is 31.6 Å². The van der Waals surface area contributed by atoms with Gasteiger partial charge < -0.3 is 21.3 Å². The highest BCUT2D eigenvalue weighted by Crippen LogP contribution is 2.33. The molecule has 4 aliphatic rings. The van der Waals surface area contributed by atoms with Gasteiger partial charge in [0.2, 0.25) is 5.91 Å². The number of nitrogens with one attached hydrogen (secondary N) is 4. The van der Waals surface area contributed by atoms with Crippen LogP contribution >= 0.6 is 0 Å². The minimum atomic E-state index is -0.431. The van der Waals surface area contributed by atoms with Crippen LogP contribution < -0.4 is 27.1 Å². The van der Waals surface area contributed by atoms with E-state index in [9.17, 15) is 10.1 Å².